The summed E-state index contributed by atoms with van der Waals surface area (Å²) < 4.78 is 26.4. The van der Waals surface area contributed by atoms with Crippen LogP contribution in [0.15, 0.2) is 40.8 Å². The van der Waals surface area contributed by atoms with Gasteiger partial charge in [0, 0.05) is 13.1 Å². The van der Waals surface area contributed by atoms with Gasteiger partial charge in [-0.25, -0.2) is 8.42 Å². The van der Waals surface area contributed by atoms with E-state index in [0.29, 0.717) is 23.9 Å². The summed E-state index contributed by atoms with van der Waals surface area (Å²) in [4.78, 5) is 0.401. The van der Waals surface area contributed by atoms with Crippen LogP contribution in [-0.4, -0.2) is 25.8 Å². The number of benzene rings is 1. The van der Waals surface area contributed by atoms with Crippen LogP contribution in [-0.2, 0) is 10.0 Å². The highest BCUT2D eigenvalue weighted by molar-refractivity contribution is 7.89. The van der Waals surface area contributed by atoms with Gasteiger partial charge in [-0.05, 0) is 37.8 Å². The first-order valence-corrected chi connectivity index (χ1v) is 7.77. The molecule has 1 aromatic rings. The molecule has 1 saturated carbocycles. The lowest BCUT2D eigenvalue weighted by Crippen LogP contribution is -2.29. The molecule has 1 aliphatic heterocycles. The highest BCUT2D eigenvalue weighted by Gasteiger charge is 2.34. The minimum absolute atomic E-state index is 0.401. The fraction of sp³-hybridized carbons (Fsp3) is 0.429. The van der Waals surface area contributed by atoms with Crippen molar-refractivity contribution in [2.24, 2.45) is 5.92 Å². The fourth-order valence-electron chi connectivity index (χ4n) is 2.34. The minimum atomic E-state index is -3.31. The average molecular weight is 263 g/mol. The number of hydrogen-bond acceptors (Lipinski definition) is 2. The molecule has 0 atom stereocenters. The molecule has 0 saturated heterocycles. The predicted molar refractivity (Wildman–Crippen MR) is 70.7 cm³/mol. The smallest absolute Gasteiger partial charge is 0.207 e. The van der Waals surface area contributed by atoms with Crippen LogP contribution in [0.5, 0.6) is 0 Å². The first-order chi connectivity index (χ1) is 8.57. The van der Waals surface area contributed by atoms with Gasteiger partial charge in [-0.3, -0.25) is 0 Å². The molecule has 96 valence electrons. The summed E-state index contributed by atoms with van der Waals surface area (Å²) in [6, 6.07) is 7.08. The fourth-order valence-corrected chi connectivity index (χ4v) is 3.71. The molecule has 0 bridgehead atoms. The van der Waals surface area contributed by atoms with Crippen LogP contribution >= 0.6 is 0 Å². The molecule has 1 fully saturated rings. The number of hydrogen-bond donors (Lipinski definition) is 0. The summed E-state index contributed by atoms with van der Waals surface area (Å²) in [5.41, 5.74) is 2.39. The van der Waals surface area contributed by atoms with Crippen LogP contribution in [0.1, 0.15) is 18.4 Å². The second-order valence-electron chi connectivity index (χ2n) is 5.16. The van der Waals surface area contributed by atoms with Gasteiger partial charge in [0.2, 0.25) is 10.0 Å². The summed E-state index contributed by atoms with van der Waals surface area (Å²) in [5, 5.41) is 0. The highest BCUT2D eigenvalue weighted by Crippen LogP contribution is 2.39. The lowest BCUT2D eigenvalue weighted by molar-refractivity contribution is 0.481. The van der Waals surface area contributed by atoms with Crippen LogP contribution in [0.2, 0.25) is 0 Å². The van der Waals surface area contributed by atoms with Crippen molar-refractivity contribution in [1.82, 2.24) is 4.31 Å². The molecule has 0 unspecified atom stereocenters. The van der Waals surface area contributed by atoms with E-state index >= 15 is 0 Å². The molecule has 1 aliphatic carbocycles. The van der Waals surface area contributed by atoms with Gasteiger partial charge < -0.3 is 0 Å². The zero-order valence-electron chi connectivity index (χ0n) is 10.5. The molecular weight excluding hydrogens is 246 g/mol. The first kappa shape index (κ1) is 11.9. The van der Waals surface area contributed by atoms with Crippen LogP contribution in [0.25, 0.3) is 0 Å². The minimum Gasteiger partial charge on any atom is -0.207 e. The van der Waals surface area contributed by atoms with Crippen molar-refractivity contribution in [3.63, 3.8) is 0 Å². The molecule has 1 heterocycles. The van der Waals surface area contributed by atoms with Crippen LogP contribution < -0.4 is 0 Å². The number of nitrogens with zero attached hydrogens (tertiary/aromatic N) is 1. The molecule has 0 radical (unpaired) electrons. The van der Waals surface area contributed by atoms with Crippen molar-refractivity contribution in [1.29, 1.82) is 0 Å². The van der Waals surface area contributed by atoms with Crippen molar-refractivity contribution in [2.45, 2.75) is 24.7 Å². The second-order valence-corrected chi connectivity index (χ2v) is 7.10. The van der Waals surface area contributed by atoms with Gasteiger partial charge in [-0.1, -0.05) is 29.3 Å². The Morgan fingerprint density at radius 2 is 1.83 bits per heavy atom. The van der Waals surface area contributed by atoms with Crippen molar-refractivity contribution >= 4 is 10.0 Å². The topological polar surface area (TPSA) is 37.4 Å². The van der Waals surface area contributed by atoms with Gasteiger partial charge in [0.1, 0.15) is 0 Å². The number of aryl methyl sites for hydroxylation is 1. The zero-order chi connectivity index (χ0) is 12.8. The van der Waals surface area contributed by atoms with Crippen LogP contribution in [0, 0.1) is 12.8 Å². The van der Waals surface area contributed by atoms with E-state index in [1.165, 1.54) is 18.4 Å². The Morgan fingerprint density at radius 3 is 2.44 bits per heavy atom. The predicted octanol–water partition coefficient (Wildman–Crippen LogP) is 2.34. The molecule has 3 rings (SSSR count). The number of rotatable bonds is 3. The molecule has 2 aliphatic rings. The van der Waals surface area contributed by atoms with E-state index in [1.54, 1.807) is 16.4 Å². The van der Waals surface area contributed by atoms with Crippen molar-refractivity contribution in [3.05, 3.63) is 41.5 Å². The Kier molecular flexibility index (Phi) is 2.79. The maximum atomic E-state index is 12.4. The van der Waals surface area contributed by atoms with Gasteiger partial charge >= 0.3 is 0 Å². The third-order valence-electron chi connectivity index (χ3n) is 3.68. The second kappa shape index (κ2) is 4.21. The van der Waals surface area contributed by atoms with E-state index < -0.39 is 10.0 Å². The normalized spacial score (nSPS) is 21.1. The summed E-state index contributed by atoms with van der Waals surface area (Å²) in [6.45, 7) is 3.07. The van der Waals surface area contributed by atoms with Crippen molar-refractivity contribution < 1.29 is 8.42 Å². The largest absolute Gasteiger partial charge is 0.243 e. The van der Waals surface area contributed by atoms with E-state index in [9.17, 15) is 8.42 Å². The quantitative estimate of drug-likeness (QED) is 0.785. The molecule has 0 spiro atoms. The molecule has 0 N–H and O–H groups in total. The summed E-state index contributed by atoms with van der Waals surface area (Å²) in [6.07, 6.45) is 4.54. The lowest BCUT2D eigenvalue weighted by atomic mass is 10.2. The molecule has 3 nitrogen and oxygen atoms in total. The monoisotopic (exact) mass is 263 g/mol. The van der Waals surface area contributed by atoms with Gasteiger partial charge in [0.25, 0.3) is 0 Å². The maximum absolute atomic E-state index is 12.4. The Bertz CT molecular complexity index is 583. The first-order valence-electron chi connectivity index (χ1n) is 6.33. The molecule has 18 heavy (non-hydrogen) atoms. The van der Waals surface area contributed by atoms with E-state index in [4.69, 9.17) is 0 Å². The molecule has 0 aromatic heterocycles. The van der Waals surface area contributed by atoms with E-state index in [-0.39, 0.29) is 0 Å². The Morgan fingerprint density at radius 1 is 1.17 bits per heavy atom. The van der Waals surface area contributed by atoms with E-state index in [0.717, 1.165) is 5.56 Å². The highest BCUT2D eigenvalue weighted by atomic mass is 32.2. The van der Waals surface area contributed by atoms with Crippen molar-refractivity contribution in [3.8, 4) is 0 Å². The summed E-state index contributed by atoms with van der Waals surface area (Å²) >= 11 is 0. The zero-order valence-corrected chi connectivity index (χ0v) is 11.3. The summed E-state index contributed by atoms with van der Waals surface area (Å²) in [7, 11) is -3.31. The third-order valence-corrected chi connectivity index (χ3v) is 5.50. The van der Waals surface area contributed by atoms with Crippen LogP contribution in [0.4, 0.5) is 0 Å². The molecule has 4 heteroatoms. The standard InChI is InChI=1S/C14H17NO2S/c1-11-2-6-14(7-3-11)18(16,17)15-9-8-13(10-15)12-4-5-12/h2-3,6-8,12H,4-5,9-10H2,1H3. The summed E-state index contributed by atoms with van der Waals surface area (Å²) in [5.74, 6) is 0.656. The van der Waals surface area contributed by atoms with Crippen LogP contribution in [0.3, 0.4) is 0 Å². The Hall–Kier alpha value is -1.13. The molecule has 0 amide bonds. The van der Waals surface area contributed by atoms with Gasteiger partial charge in [-0.15, -0.1) is 0 Å². The molecular formula is C14H17NO2S. The Labute approximate surface area is 108 Å². The average Bonchev–Trinajstić information content (AvgIpc) is 3.07. The SMILES string of the molecule is Cc1ccc(S(=O)(=O)N2CC=C(C3CC3)C2)cc1. The third kappa shape index (κ3) is 2.10. The van der Waals surface area contributed by atoms with Crippen molar-refractivity contribution in [2.75, 3.05) is 13.1 Å². The van der Waals surface area contributed by atoms with Gasteiger partial charge in [0.05, 0.1) is 4.90 Å². The molecule has 1 aromatic carbocycles. The maximum Gasteiger partial charge on any atom is 0.243 e. The van der Waals surface area contributed by atoms with Gasteiger partial charge in [0.15, 0.2) is 0 Å². The Balaban J connectivity index is 1.81. The lowest BCUT2D eigenvalue weighted by Gasteiger charge is -2.16. The van der Waals surface area contributed by atoms with E-state index in [1.807, 2.05) is 19.1 Å². The van der Waals surface area contributed by atoms with E-state index in [2.05, 4.69) is 6.08 Å². The van der Waals surface area contributed by atoms with Gasteiger partial charge in [-0.2, -0.15) is 4.31 Å². The number of sulfonamides is 1.